The van der Waals surface area contributed by atoms with E-state index in [-0.39, 0.29) is 17.1 Å². The first-order chi connectivity index (χ1) is 13.8. The lowest BCUT2D eigenvalue weighted by molar-refractivity contribution is -0.174. The van der Waals surface area contributed by atoms with Crippen LogP contribution in [-0.4, -0.2) is 57.2 Å². The van der Waals surface area contributed by atoms with Gasteiger partial charge in [-0.15, -0.1) is 0 Å². The van der Waals surface area contributed by atoms with Crippen molar-refractivity contribution in [1.82, 2.24) is 9.62 Å². The SMILES string of the molecule is Cc1cc(C(=O)NC(C)COCC(F)(F)F)cc(S(=O)(=O)N2CCC(C)CC2)c1C. The van der Waals surface area contributed by atoms with Crippen molar-refractivity contribution < 1.29 is 31.1 Å². The maximum absolute atomic E-state index is 13.2. The predicted molar refractivity (Wildman–Crippen MR) is 107 cm³/mol. The third-order valence-corrected chi connectivity index (χ3v) is 7.28. The van der Waals surface area contributed by atoms with Gasteiger partial charge in [0.25, 0.3) is 5.91 Å². The molecule has 0 spiro atoms. The molecule has 0 radical (unpaired) electrons. The number of hydrogen-bond acceptors (Lipinski definition) is 4. The number of nitrogens with one attached hydrogen (secondary N) is 1. The van der Waals surface area contributed by atoms with Crippen LogP contribution in [0.4, 0.5) is 13.2 Å². The van der Waals surface area contributed by atoms with Crippen molar-refractivity contribution in [3.8, 4) is 0 Å². The van der Waals surface area contributed by atoms with Gasteiger partial charge in [-0.3, -0.25) is 4.79 Å². The van der Waals surface area contributed by atoms with Gasteiger partial charge in [-0.2, -0.15) is 17.5 Å². The van der Waals surface area contributed by atoms with E-state index in [0.29, 0.717) is 30.1 Å². The van der Waals surface area contributed by atoms with Gasteiger partial charge in [0.15, 0.2) is 0 Å². The molecule has 2 rings (SSSR count). The Hall–Kier alpha value is -1.65. The lowest BCUT2D eigenvalue weighted by Gasteiger charge is -2.30. The van der Waals surface area contributed by atoms with Gasteiger partial charge in [-0.25, -0.2) is 8.42 Å². The summed E-state index contributed by atoms with van der Waals surface area (Å²) >= 11 is 0. The third kappa shape index (κ3) is 6.42. The molecule has 1 heterocycles. The van der Waals surface area contributed by atoms with Gasteiger partial charge < -0.3 is 10.1 Å². The lowest BCUT2D eigenvalue weighted by Crippen LogP contribution is -2.39. The van der Waals surface area contributed by atoms with Gasteiger partial charge in [-0.05, 0) is 62.8 Å². The van der Waals surface area contributed by atoms with E-state index < -0.39 is 34.8 Å². The van der Waals surface area contributed by atoms with Crippen molar-refractivity contribution in [1.29, 1.82) is 0 Å². The molecule has 0 aromatic heterocycles. The average molecular weight is 451 g/mol. The van der Waals surface area contributed by atoms with Crippen LogP contribution in [0.25, 0.3) is 0 Å². The van der Waals surface area contributed by atoms with Crippen LogP contribution in [0.1, 0.15) is 48.2 Å². The monoisotopic (exact) mass is 450 g/mol. The maximum Gasteiger partial charge on any atom is 0.411 e. The number of carbonyl (C=O) groups is 1. The van der Waals surface area contributed by atoms with Gasteiger partial charge in [0.1, 0.15) is 6.61 Å². The summed E-state index contributed by atoms with van der Waals surface area (Å²) < 4.78 is 68.9. The standard InChI is InChI=1S/C20H29F3N2O4S/c1-13-5-7-25(8-6-13)30(27,28)18-10-17(9-14(2)16(18)4)19(26)24-15(3)11-29-12-20(21,22)23/h9-10,13,15H,5-8,11-12H2,1-4H3,(H,24,26). The first-order valence-corrected chi connectivity index (χ1v) is 11.3. The minimum atomic E-state index is -4.44. The Morgan fingerprint density at radius 2 is 1.87 bits per heavy atom. The Kier molecular flexibility index (Phi) is 7.92. The minimum Gasteiger partial charge on any atom is -0.370 e. The van der Waals surface area contributed by atoms with Crippen LogP contribution < -0.4 is 5.32 Å². The predicted octanol–water partition coefficient (Wildman–Crippen LogP) is 3.42. The van der Waals surface area contributed by atoms with Crippen molar-refractivity contribution >= 4 is 15.9 Å². The van der Waals surface area contributed by atoms with E-state index in [1.165, 1.54) is 17.3 Å². The molecule has 1 atom stereocenters. The molecule has 1 aromatic carbocycles. The molecular formula is C20H29F3N2O4S. The fraction of sp³-hybridized carbons (Fsp3) is 0.650. The van der Waals surface area contributed by atoms with Gasteiger partial charge >= 0.3 is 6.18 Å². The molecule has 1 N–H and O–H groups in total. The first-order valence-electron chi connectivity index (χ1n) is 9.88. The number of amides is 1. The summed E-state index contributed by atoms with van der Waals surface area (Å²) in [4.78, 5) is 12.7. The van der Waals surface area contributed by atoms with E-state index in [0.717, 1.165) is 12.8 Å². The molecule has 1 aliphatic heterocycles. The molecule has 0 bridgehead atoms. The number of ether oxygens (including phenoxy) is 1. The molecule has 1 unspecified atom stereocenters. The second-order valence-electron chi connectivity index (χ2n) is 8.01. The summed E-state index contributed by atoms with van der Waals surface area (Å²) in [5.74, 6) is -0.0950. The Balaban J connectivity index is 2.16. The number of hydrogen-bond donors (Lipinski definition) is 1. The number of halogens is 3. The zero-order chi connectivity index (χ0) is 22.7. The fourth-order valence-corrected chi connectivity index (χ4v) is 5.08. The Bertz CT molecular complexity index is 864. The van der Waals surface area contributed by atoms with Crippen LogP contribution >= 0.6 is 0 Å². The summed E-state index contributed by atoms with van der Waals surface area (Å²) in [5.41, 5.74) is 1.36. The van der Waals surface area contributed by atoms with E-state index in [1.54, 1.807) is 19.9 Å². The highest BCUT2D eigenvalue weighted by molar-refractivity contribution is 7.89. The second kappa shape index (κ2) is 9.65. The van der Waals surface area contributed by atoms with Crippen molar-refractivity contribution in [2.24, 2.45) is 5.92 Å². The van der Waals surface area contributed by atoms with E-state index in [1.807, 2.05) is 0 Å². The van der Waals surface area contributed by atoms with Gasteiger partial charge in [-0.1, -0.05) is 6.92 Å². The van der Waals surface area contributed by atoms with Gasteiger partial charge in [0.2, 0.25) is 10.0 Å². The summed E-state index contributed by atoms with van der Waals surface area (Å²) in [7, 11) is -3.75. The van der Waals surface area contributed by atoms with Crippen LogP contribution in [0.2, 0.25) is 0 Å². The van der Waals surface area contributed by atoms with Crippen molar-refractivity contribution in [3.05, 3.63) is 28.8 Å². The van der Waals surface area contributed by atoms with E-state index >= 15 is 0 Å². The quantitative estimate of drug-likeness (QED) is 0.691. The minimum absolute atomic E-state index is 0.0863. The lowest BCUT2D eigenvalue weighted by atomic mass is 10.0. The number of sulfonamides is 1. The molecule has 0 saturated carbocycles. The van der Waals surface area contributed by atoms with E-state index in [2.05, 4.69) is 17.0 Å². The molecular weight excluding hydrogens is 421 g/mol. The largest absolute Gasteiger partial charge is 0.411 e. The highest BCUT2D eigenvalue weighted by Crippen LogP contribution is 2.28. The summed E-state index contributed by atoms with van der Waals surface area (Å²) in [5, 5.41) is 2.55. The van der Waals surface area contributed by atoms with E-state index in [9.17, 15) is 26.4 Å². The maximum atomic E-state index is 13.2. The fourth-order valence-electron chi connectivity index (χ4n) is 3.29. The van der Waals surface area contributed by atoms with Gasteiger partial charge in [0, 0.05) is 24.7 Å². The summed E-state index contributed by atoms with van der Waals surface area (Å²) in [6.07, 6.45) is -2.87. The van der Waals surface area contributed by atoms with E-state index in [4.69, 9.17) is 0 Å². The topological polar surface area (TPSA) is 75.7 Å². The Labute approximate surface area is 175 Å². The first kappa shape index (κ1) is 24.6. The zero-order valence-corrected chi connectivity index (χ0v) is 18.5. The number of aryl methyl sites for hydroxylation is 1. The molecule has 0 aliphatic carbocycles. The zero-order valence-electron chi connectivity index (χ0n) is 17.7. The van der Waals surface area contributed by atoms with Crippen LogP contribution in [0.15, 0.2) is 17.0 Å². The smallest absolute Gasteiger partial charge is 0.370 e. The van der Waals surface area contributed by atoms with Crippen LogP contribution in [0, 0.1) is 19.8 Å². The molecule has 1 aliphatic rings. The number of carbonyl (C=O) groups excluding carboxylic acids is 1. The highest BCUT2D eigenvalue weighted by Gasteiger charge is 2.31. The summed E-state index contributed by atoms with van der Waals surface area (Å²) in [6, 6.07) is 2.24. The number of rotatable bonds is 7. The number of piperidine rings is 1. The molecule has 1 aromatic rings. The van der Waals surface area contributed by atoms with Crippen LogP contribution in [-0.2, 0) is 14.8 Å². The molecule has 6 nitrogen and oxygen atoms in total. The third-order valence-electron chi connectivity index (χ3n) is 5.25. The molecule has 1 amide bonds. The molecule has 1 fully saturated rings. The average Bonchev–Trinajstić information content (AvgIpc) is 2.62. The van der Waals surface area contributed by atoms with Crippen LogP contribution in [0.3, 0.4) is 0 Å². The van der Waals surface area contributed by atoms with Crippen molar-refractivity contribution in [2.45, 2.75) is 57.7 Å². The second-order valence-corrected chi connectivity index (χ2v) is 9.91. The molecule has 10 heteroatoms. The summed E-state index contributed by atoms with van der Waals surface area (Å²) in [6.45, 7) is 6.19. The normalized spacial score (nSPS) is 17.7. The van der Waals surface area contributed by atoms with Gasteiger partial charge in [0.05, 0.1) is 11.5 Å². The van der Waals surface area contributed by atoms with Crippen LogP contribution in [0.5, 0.6) is 0 Å². The number of alkyl halides is 3. The molecule has 30 heavy (non-hydrogen) atoms. The van der Waals surface area contributed by atoms with Crippen molar-refractivity contribution in [2.75, 3.05) is 26.3 Å². The number of nitrogens with zero attached hydrogens (tertiary/aromatic N) is 1. The Morgan fingerprint density at radius 3 is 2.43 bits per heavy atom. The molecule has 1 saturated heterocycles. The highest BCUT2D eigenvalue weighted by atomic mass is 32.2. The number of benzene rings is 1. The van der Waals surface area contributed by atoms with Crippen molar-refractivity contribution in [3.63, 3.8) is 0 Å². The molecule has 170 valence electrons. The Morgan fingerprint density at radius 1 is 1.27 bits per heavy atom.